The van der Waals surface area contributed by atoms with Gasteiger partial charge in [0, 0.05) is 25.3 Å². The third-order valence-electron chi connectivity index (χ3n) is 3.38. The fraction of sp³-hybridized carbons (Fsp3) is 0.667. The molecular weight excluding hydrogens is 262 g/mol. The first-order chi connectivity index (χ1) is 9.22. The highest BCUT2D eigenvalue weighted by Crippen LogP contribution is 2.23. The number of nitrogens with zero attached hydrogens (tertiary/aromatic N) is 2. The van der Waals surface area contributed by atoms with Crippen molar-refractivity contribution in [3.05, 3.63) is 6.07 Å². The lowest BCUT2D eigenvalue weighted by Crippen LogP contribution is -2.31. The Morgan fingerprint density at radius 1 is 1.37 bits per heavy atom. The Morgan fingerprint density at radius 2 is 2.05 bits per heavy atom. The molecule has 6 nitrogen and oxygen atoms in total. The van der Waals surface area contributed by atoms with Gasteiger partial charge in [-0.05, 0) is 31.9 Å². The third-order valence-corrected chi connectivity index (χ3v) is 3.93. The van der Waals surface area contributed by atoms with Crippen LogP contribution in [-0.4, -0.2) is 35.5 Å². The predicted octanol–water partition coefficient (Wildman–Crippen LogP) is 1.71. The topological polar surface area (TPSA) is 85.1 Å². The minimum atomic E-state index is 0.360. The van der Waals surface area contributed by atoms with E-state index in [0.717, 1.165) is 31.9 Å². The predicted molar refractivity (Wildman–Crippen MR) is 78.3 cm³/mol. The molecule has 1 unspecified atom stereocenters. The number of hydrogen-bond acceptors (Lipinski definition) is 7. The van der Waals surface area contributed by atoms with Crippen molar-refractivity contribution >= 4 is 23.4 Å². The van der Waals surface area contributed by atoms with E-state index in [2.05, 4.69) is 27.6 Å². The minimum absolute atomic E-state index is 0.360. The number of hydrogen-bond donors (Lipinski definition) is 3. The summed E-state index contributed by atoms with van der Waals surface area (Å²) in [6.45, 7) is 3.89. The van der Waals surface area contributed by atoms with Crippen LogP contribution in [0.1, 0.15) is 19.8 Å². The van der Waals surface area contributed by atoms with E-state index in [1.165, 1.54) is 11.8 Å². The molecule has 1 fully saturated rings. The second kappa shape index (κ2) is 6.93. The summed E-state index contributed by atoms with van der Waals surface area (Å²) in [4.78, 5) is 8.69. The molecule has 4 N–H and O–H groups in total. The van der Waals surface area contributed by atoms with Gasteiger partial charge in [-0.15, -0.1) is 0 Å². The van der Waals surface area contributed by atoms with Crippen LogP contribution in [0.2, 0.25) is 0 Å². The van der Waals surface area contributed by atoms with Gasteiger partial charge in [0.15, 0.2) is 5.16 Å². The molecule has 1 aromatic heterocycles. The molecule has 1 aliphatic rings. The van der Waals surface area contributed by atoms with Gasteiger partial charge in [-0.2, -0.15) is 0 Å². The maximum absolute atomic E-state index is 5.42. The summed E-state index contributed by atoms with van der Waals surface area (Å²) in [5.74, 6) is 7.48. The van der Waals surface area contributed by atoms with Crippen LogP contribution in [0.3, 0.4) is 0 Å². The number of ether oxygens (including phenoxy) is 1. The van der Waals surface area contributed by atoms with Crippen LogP contribution < -0.4 is 16.6 Å². The van der Waals surface area contributed by atoms with E-state index in [9.17, 15) is 0 Å². The number of nitrogens with one attached hydrogen (secondary N) is 2. The highest BCUT2D eigenvalue weighted by molar-refractivity contribution is 7.98. The molecule has 0 spiro atoms. The number of anilines is 2. The summed E-state index contributed by atoms with van der Waals surface area (Å²) < 4.78 is 5.39. The van der Waals surface area contributed by atoms with Crippen LogP contribution in [0.4, 0.5) is 11.6 Å². The summed E-state index contributed by atoms with van der Waals surface area (Å²) in [6.07, 6.45) is 4.13. The average Bonchev–Trinajstić information content (AvgIpc) is 2.47. The number of nitrogens with two attached hydrogens (primary N) is 1. The first-order valence-corrected chi connectivity index (χ1v) is 7.69. The SMILES string of the molecule is CSc1nc(NN)cc(NC(C)C2CCOCC2)n1. The maximum Gasteiger partial charge on any atom is 0.191 e. The zero-order chi connectivity index (χ0) is 13.7. The lowest BCUT2D eigenvalue weighted by molar-refractivity contribution is 0.0622. The van der Waals surface area contributed by atoms with E-state index in [-0.39, 0.29) is 0 Å². The molecule has 0 bridgehead atoms. The molecule has 1 aliphatic heterocycles. The van der Waals surface area contributed by atoms with E-state index >= 15 is 0 Å². The van der Waals surface area contributed by atoms with Crippen molar-refractivity contribution in [2.75, 3.05) is 30.2 Å². The Labute approximate surface area is 117 Å². The minimum Gasteiger partial charge on any atom is -0.381 e. The lowest BCUT2D eigenvalue weighted by atomic mass is 9.93. The molecule has 0 saturated carbocycles. The summed E-state index contributed by atoms with van der Waals surface area (Å²) in [7, 11) is 0. The normalized spacial score (nSPS) is 18.1. The molecule has 2 heterocycles. The van der Waals surface area contributed by atoms with Crippen molar-refractivity contribution < 1.29 is 4.74 Å². The van der Waals surface area contributed by atoms with Crippen molar-refractivity contribution in [1.29, 1.82) is 0 Å². The number of thioether (sulfide) groups is 1. The van der Waals surface area contributed by atoms with E-state index in [4.69, 9.17) is 10.6 Å². The molecule has 0 radical (unpaired) electrons. The standard InChI is InChI=1S/C12H21N5OS/c1-8(9-3-5-18-6-4-9)14-10-7-11(17-13)16-12(15-10)19-2/h7-9H,3-6,13H2,1-2H3,(H2,14,15,16,17). The molecule has 7 heteroatoms. The van der Waals surface area contributed by atoms with E-state index in [1.54, 1.807) is 0 Å². The Hall–Kier alpha value is -1.05. The van der Waals surface area contributed by atoms with Crippen LogP contribution >= 0.6 is 11.8 Å². The van der Waals surface area contributed by atoms with E-state index in [0.29, 0.717) is 22.9 Å². The second-order valence-corrected chi connectivity index (χ2v) is 5.43. The average molecular weight is 283 g/mol. The largest absolute Gasteiger partial charge is 0.381 e. The molecule has 0 aromatic carbocycles. The molecule has 0 amide bonds. The van der Waals surface area contributed by atoms with Crippen molar-refractivity contribution in [2.24, 2.45) is 11.8 Å². The zero-order valence-electron chi connectivity index (χ0n) is 11.3. The van der Waals surface area contributed by atoms with Crippen LogP contribution in [0.5, 0.6) is 0 Å². The fourth-order valence-corrected chi connectivity index (χ4v) is 2.61. The van der Waals surface area contributed by atoms with Gasteiger partial charge in [0.25, 0.3) is 0 Å². The quantitative estimate of drug-likeness (QED) is 0.328. The third kappa shape index (κ3) is 3.95. The summed E-state index contributed by atoms with van der Waals surface area (Å²) in [5.41, 5.74) is 2.57. The summed E-state index contributed by atoms with van der Waals surface area (Å²) >= 11 is 1.50. The molecule has 1 atom stereocenters. The van der Waals surface area contributed by atoms with Crippen LogP contribution in [0.15, 0.2) is 11.2 Å². The molecule has 2 rings (SSSR count). The van der Waals surface area contributed by atoms with Gasteiger partial charge in [0.2, 0.25) is 0 Å². The first kappa shape index (κ1) is 14.4. The molecule has 0 aliphatic carbocycles. The van der Waals surface area contributed by atoms with Crippen LogP contribution in [0.25, 0.3) is 0 Å². The van der Waals surface area contributed by atoms with Gasteiger partial charge in [-0.25, -0.2) is 15.8 Å². The van der Waals surface area contributed by atoms with Gasteiger partial charge in [0.05, 0.1) is 0 Å². The number of hydrazine groups is 1. The molecular formula is C12H21N5OS. The Bertz CT molecular complexity index is 389. The van der Waals surface area contributed by atoms with Gasteiger partial charge in [-0.1, -0.05) is 11.8 Å². The molecule has 1 aromatic rings. The van der Waals surface area contributed by atoms with Crippen molar-refractivity contribution in [3.63, 3.8) is 0 Å². The summed E-state index contributed by atoms with van der Waals surface area (Å²) in [5, 5.41) is 4.15. The van der Waals surface area contributed by atoms with Gasteiger partial charge in [0.1, 0.15) is 11.6 Å². The highest BCUT2D eigenvalue weighted by Gasteiger charge is 2.20. The van der Waals surface area contributed by atoms with Crippen LogP contribution in [-0.2, 0) is 4.74 Å². The van der Waals surface area contributed by atoms with Crippen molar-refractivity contribution in [3.8, 4) is 0 Å². The lowest BCUT2D eigenvalue weighted by Gasteiger charge is -2.28. The van der Waals surface area contributed by atoms with Gasteiger partial charge < -0.3 is 15.5 Å². The van der Waals surface area contributed by atoms with Gasteiger partial charge in [-0.3, -0.25) is 0 Å². The molecule has 1 saturated heterocycles. The first-order valence-electron chi connectivity index (χ1n) is 6.47. The Balaban J connectivity index is 2.04. The van der Waals surface area contributed by atoms with E-state index in [1.807, 2.05) is 12.3 Å². The van der Waals surface area contributed by atoms with Gasteiger partial charge >= 0.3 is 0 Å². The Morgan fingerprint density at radius 3 is 2.68 bits per heavy atom. The highest BCUT2D eigenvalue weighted by atomic mass is 32.2. The maximum atomic E-state index is 5.42. The smallest absolute Gasteiger partial charge is 0.191 e. The van der Waals surface area contributed by atoms with E-state index < -0.39 is 0 Å². The number of aromatic nitrogens is 2. The molecule has 19 heavy (non-hydrogen) atoms. The second-order valence-electron chi connectivity index (χ2n) is 4.65. The number of nitrogen functional groups attached to an aromatic ring is 1. The number of rotatable bonds is 5. The van der Waals surface area contributed by atoms with Crippen molar-refractivity contribution in [2.45, 2.75) is 31.0 Å². The fourth-order valence-electron chi connectivity index (χ4n) is 2.23. The zero-order valence-corrected chi connectivity index (χ0v) is 12.2. The van der Waals surface area contributed by atoms with Crippen LogP contribution in [0, 0.1) is 5.92 Å². The molecule has 106 valence electrons. The summed E-state index contributed by atoms with van der Waals surface area (Å²) in [6, 6.07) is 2.19. The Kier molecular flexibility index (Phi) is 5.24. The monoisotopic (exact) mass is 283 g/mol. The van der Waals surface area contributed by atoms with Crippen molar-refractivity contribution in [1.82, 2.24) is 9.97 Å².